The summed E-state index contributed by atoms with van der Waals surface area (Å²) >= 11 is 3.25. The number of halogens is 1. The van der Waals surface area contributed by atoms with E-state index in [4.69, 9.17) is 5.26 Å². The van der Waals surface area contributed by atoms with E-state index in [1.165, 1.54) is 12.1 Å². The summed E-state index contributed by atoms with van der Waals surface area (Å²) in [5, 5.41) is 18.8. The molecule has 5 nitrogen and oxygen atoms in total. The van der Waals surface area contributed by atoms with E-state index in [0.717, 1.165) is 10.5 Å². The van der Waals surface area contributed by atoms with Crippen molar-refractivity contribution >= 4 is 37.7 Å². The van der Waals surface area contributed by atoms with Gasteiger partial charge < -0.3 is 5.11 Å². The summed E-state index contributed by atoms with van der Waals surface area (Å²) in [6.07, 6.45) is 1.12. The molecule has 0 radical (unpaired) electrons. The highest BCUT2D eigenvalue weighted by Gasteiger charge is 2.18. The van der Waals surface area contributed by atoms with Crippen LogP contribution in [0.4, 0.5) is 5.69 Å². The second-order valence-corrected chi connectivity index (χ2v) is 6.86. The van der Waals surface area contributed by atoms with Crippen molar-refractivity contribution in [1.82, 2.24) is 0 Å². The molecule has 0 heterocycles. The zero-order valence-corrected chi connectivity index (χ0v) is 13.6. The third-order valence-corrected chi connectivity index (χ3v) is 4.54. The van der Waals surface area contributed by atoms with Crippen LogP contribution in [0.5, 0.6) is 5.75 Å². The lowest BCUT2D eigenvalue weighted by molar-refractivity contribution is 0.474. The Kier molecular flexibility index (Phi) is 4.85. The summed E-state index contributed by atoms with van der Waals surface area (Å²) in [7, 11) is -4.03. The van der Waals surface area contributed by atoms with Crippen molar-refractivity contribution < 1.29 is 13.5 Å². The number of nitrogens with one attached hydrogen (secondary N) is 1. The van der Waals surface area contributed by atoms with Crippen molar-refractivity contribution in [2.45, 2.75) is 0 Å². The van der Waals surface area contributed by atoms with E-state index in [-0.39, 0.29) is 11.3 Å². The molecule has 0 amide bonds. The van der Waals surface area contributed by atoms with Gasteiger partial charge in [0.05, 0.1) is 0 Å². The lowest BCUT2D eigenvalue weighted by atomic mass is 10.2. The van der Waals surface area contributed by atoms with E-state index in [9.17, 15) is 13.5 Å². The van der Waals surface area contributed by atoms with Crippen LogP contribution in [-0.4, -0.2) is 13.5 Å². The first-order chi connectivity index (χ1) is 10.4. The Labute approximate surface area is 136 Å². The maximum Gasteiger partial charge on any atom is 0.272 e. The Bertz CT molecular complexity index is 853. The number of rotatable bonds is 4. The molecule has 7 heteroatoms. The fourth-order valence-corrected chi connectivity index (χ4v) is 2.87. The highest BCUT2D eigenvalue weighted by atomic mass is 79.9. The van der Waals surface area contributed by atoms with Crippen LogP contribution in [0, 0.1) is 11.3 Å². The van der Waals surface area contributed by atoms with E-state index in [0.29, 0.717) is 5.69 Å². The van der Waals surface area contributed by atoms with Gasteiger partial charge in [0.15, 0.2) is 4.91 Å². The van der Waals surface area contributed by atoms with Crippen molar-refractivity contribution in [3.05, 3.63) is 63.5 Å². The summed E-state index contributed by atoms with van der Waals surface area (Å²) in [5.41, 5.74) is 0.585. The fourth-order valence-electron chi connectivity index (χ4n) is 1.65. The summed E-state index contributed by atoms with van der Waals surface area (Å²) in [6.45, 7) is 0. The lowest BCUT2D eigenvalue weighted by Crippen LogP contribution is -2.14. The Balaban J connectivity index is 2.36. The average Bonchev–Trinajstić information content (AvgIpc) is 2.48. The molecule has 112 valence electrons. The molecule has 0 bridgehead atoms. The Morgan fingerprint density at radius 2 is 1.82 bits per heavy atom. The Morgan fingerprint density at radius 1 is 1.18 bits per heavy atom. The van der Waals surface area contributed by atoms with Gasteiger partial charge in [-0.2, -0.15) is 5.26 Å². The van der Waals surface area contributed by atoms with Gasteiger partial charge in [-0.05, 0) is 36.4 Å². The van der Waals surface area contributed by atoms with Crippen LogP contribution in [0.1, 0.15) is 5.56 Å². The summed E-state index contributed by atoms with van der Waals surface area (Å²) in [4.78, 5) is -0.489. The molecule has 0 aliphatic rings. The second-order valence-electron chi connectivity index (χ2n) is 4.29. The predicted octanol–water partition coefficient (Wildman–Crippen LogP) is 3.46. The number of allylic oxidation sites excluding steroid dienone is 1. The first-order valence-corrected chi connectivity index (χ1v) is 8.38. The molecule has 0 saturated heterocycles. The number of nitrogens with zero attached hydrogens (tertiary/aromatic N) is 1. The van der Waals surface area contributed by atoms with Gasteiger partial charge in [-0.1, -0.05) is 34.1 Å². The van der Waals surface area contributed by atoms with Gasteiger partial charge in [0.25, 0.3) is 10.0 Å². The van der Waals surface area contributed by atoms with Gasteiger partial charge in [0.1, 0.15) is 11.8 Å². The number of anilines is 1. The minimum absolute atomic E-state index is 0.103. The molecular weight excluding hydrogens is 368 g/mol. The molecule has 22 heavy (non-hydrogen) atoms. The Morgan fingerprint density at radius 3 is 2.41 bits per heavy atom. The predicted molar refractivity (Wildman–Crippen MR) is 88.4 cm³/mol. The van der Waals surface area contributed by atoms with Crippen LogP contribution in [0.15, 0.2) is 57.9 Å². The number of para-hydroxylation sites is 1. The highest BCUT2D eigenvalue weighted by Crippen LogP contribution is 2.22. The van der Waals surface area contributed by atoms with Crippen molar-refractivity contribution in [2.75, 3.05) is 4.72 Å². The third-order valence-electron chi connectivity index (χ3n) is 2.72. The molecule has 2 aromatic rings. The monoisotopic (exact) mass is 378 g/mol. The molecular formula is C15H11BrN2O3S. The first kappa shape index (κ1) is 16.1. The van der Waals surface area contributed by atoms with Crippen LogP contribution >= 0.6 is 15.9 Å². The molecule has 2 rings (SSSR count). The zero-order chi connectivity index (χ0) is 16.2. The van der Waals surface area contributed by atoms with Crippen molar-refractivity contribution in [3.8, 4) is 11.8 Å². The number of phenolic OH excluding ortho intramolecular Hbond substituents is 1. The van der Waals surface area contributed by atoms with E-state index in [2.05, 4.69) is 20.7 Å². The number of aromatic hydroxyl groups is 1. The first-order valence-electron chi connectivity index (χ1n) is 6.10. The summed E-state index contributed by atoms with van der Waals surface area (Å²) in [5.74, 6) is -0.103. The maximum atomic E-state index is 12.2. The molecule has 0 aromatic heterocycles. The minimum Gasteiger partial charge on any atom is -0.507 e. The van der Waals surface area contributed by atoms with Crippen LogP contribution < -0.4 is 4.72 Å². The summed E-state index contributed by atoms with van der Waals surface area (Å²) < 4.78 is 27.6. The minimum atomic E-state index is -4.03. The SMILES string of the molecule is N#C/C(=C/c1ccccc1O)S(=O)(=O)Nc1ccc(Br)cc1. The van der Waals surface area contributed by atoms with Gasteiger partial charge in [-0.3, -0.25) is 4.72 Å². The molecule has 0 aliphatic heterocycles. The molecule has 2 aromatic carbocycles. The molecule has 2 N–H and O–H groups in total. The zero-order valence-electron chi connectivity index (χ0n) is 11.2. The maximum absolute atomic E-state index is 12.2. The van der Waals surface area contributed by atoms with Gasteiger partial charge in [-0.25, -0.2) is 8.42 Å². The lowest BCUT2D eigenvalue weighted by Gasteiger charge is -2.07. The van der Waals surface area contributed by atoms with Gasteiger partial charge in [0, 0.05) is 15.7 Å². The fraction of sp³-hybridized carbons (Fsp3) is 0. The van der Waals surface area contributed by atoms with Gasteiger partial charge >= 0.3 is 0 Å². The van der Waals surface area contributed by atoms with Gasteiger partial charge in [-0.15, -0.1) is 0 Å². The quantitative estimate of drug-likeness (QED) is 0.796. The largest absolute Gasteiger partial charge is 0.507 e. The van der Waals surface area contributed by atoms with E-state index in [1.807, 2.05) is 0 Å². The molecule has 0 aliphatic carbocycles. The van der Waals surface area contributed by atoms with Crippen molar-refractivity contribution in [3.63, 3.8) is 0 Å². The van der Waals surface area contributed by atoms with Crippen LogP contribution in [-0.2, 0) is 10.0 Å². The second kappa shape index (κ2) is 6.64. The van der Waals surface area contributed by atoms with Crippen LogP contribution in [0.25, 0.3) is 6.08 Å². The molecule has 0 saturated carbocycles. The number of sulfonamides is 1. The number of nitriles is 1. The molecule has 0 fully saturated rings. The van der Waals surface area contributed by atoms with Crippen LogP contribution in [0.3, 0.4) is 0 Å². The number of phenols is 1. The number of hydrogen-bond donors (Lipinski definition) is 2. The highest BCUT2D eigenvalue weighted by molar-refractivity contribution is 9.10. The number of benzene rings is 2. The van der Waals surface area contributed by atoms with E-state index < -0.39 is 14.9 Å². The van der Waals surface area contributed by atoms with Gasteiger partial charge in [0.2, 0.25) is 0 Å². The Hall–Kier alpha value is -2.30. The molecule has 0 atom stereocenters. The standard InChI is InChI=1S/C15H11BrN2O3S/c16-12-5-7-13(8-6-12)18-22(20,21)14(10-17)9-11-3-1-2-4-15(11)19/h1-9,18-19H/b14-9-. The normalized spacial score (nSPS) is 11.7. The molecule has 0 spiro atoms. The van der Waals surface area contributed by atoms with Crippen molar-refractivity contribution in [2.24, 2.45) is 0 Å². The van der Waals surface area contributed by atoms with E-state index in [1.54, 1.807) is 42.5 Å². The third kappa shape index (κ3) is 3.87. The van der Waals surface area contributed by atoms with E-state index >= 15 is 0 Å². The van der Waals surface area contributed by atoms with Crippen LogP contribution in [0.2, 0.25) is 0 Å². The van der Waals surface area contributed by atoms with Crippen molar-refractivity contribution in [1.29, 1.82) is 5.26 Å². The topological polar surface area (TPSA) is 90.2 Å². The summed E-state index contributed by atoms with van der Waals surface area (Å²) in [6, 6.07) is 14.3. The smallest absolute Gasteiger partial charge is 0.272 e. The average molecular weight is 379 g/mol. The number of hydrogen-bond acceptors (Lipinski definition) is 4. The molecule has 0 unspecified atom stereocenters.